The molecular formula is C27H26BrFN4O4. The number of hydrogen-bond acceptors (Lipinski definition) is 6. The number of hydrogen-bond donors (Lipinski definition) is 2. The van der Waals surface area contributed by atoms with Gasteiger partial charge in [-0.1, -0.05) is 0 Å². The molecule has 4 rings (SSSR count). The summed E-state index contributed by atoms with van der Waals surface area (Å²) in [7, 11) is 1.48. The topological polar surface area (TPSA) is 92.3 Å². The van der Waals surface area contributed by atoms with Crippen LogP contribution in [-0.2, 0) is 4.79 Å². The van der Waals surface area contributed by atoms with E-state index in [0.29, 0.717) is 32.8 Å². The molecule has 10 heteroatoms. The highest BCUT2D eigenvalue weighted by Gasteiger charge is 2.14. The van der Waals surface area contributed by atoms with Crippen molar-refractivity contribution in [3.8, 4) is 11.5 Å². The maximum Gasteiger partial charge on any atom is 0.271 e. The molecule has 0 aromatic heterocycles. The van der Waals surface area contributed by atoms with Gasteiger partial charge in [-0.3, -0.25) is 9.59 Å². The number of nitrogens with one attached hydrogen (secondary N) is 2. The van der Waals surface area contributed by atoms with E-state index in [1.165, 1.54) is 50.4 Å². The summed E-state index contributed by atoms with van der Waals surface area (Å²) in [6, 6.07) is 16.2. The molecule has 1 aliphatic rings. The van der Waals surface area contributed by atoms with Crippen LogP contribution in [0.5, 0.6) is 11.5 Å². The van der Waals surface area contributed by atoms with Gasteiger partial charge >= 0.3 is 0 Å². The Kier molecular flexibility index (Phi) is 8.73. The lowest BCUT2D eigenvalue weighted by Gasteiger charge is -2.17. The zero-order valence-electron chi connectivity index (χ0n) is 20.2. The van der Waals surface area contributed by atoms with Crippen molar-refractivity contribution in [2.75, 3.05) is 37.0 Å². The Bertz CT molecular complexity index is 1280. The average molecular weight is 569 g/mol. The number of carbonyl (C=O) groups is 2. The number of halogens is 2. The zero-order chi connectivity index (χ0) is 26.2. The molecule has 0 spiro atoms. The highest BCUT2D eigenvalue weighted by Crippen LogP contribution is 2.33. The Morgan fingerprint density at radius 2 is 1.76 bits per heavy atom. The first-order valence-corrected chi connectivity index (χ1v) is 12.5. The van der Waals surface area contributed by atoms with Crippen molar-refractivity contribution >= 4 is 45.3 Å². The maximum absolute atomic E-state index is 13.0. The molecule has 3 aromatic carbocycles. The van der Waals surface area contributed by atoms with Crippen LogP contribution in [0.2, 0.25) is 0 Å². The van der Waals surface area contributed by atoms with Crippen molar-refractivity contribution in [1.82, 2.24) is 5.43 Å². The van der Waals surface area contributed by atoms with Gasteiger partial charge < -0.3 is 19.7 Å². The van der Waals surface area contributed by atoms with Gasteiger partial charge in [0, 0.05) is 40.1 Å². The molecule has 37 heavy (non-hydrogen) atoms. The predicted molar refractivity (Wildman–Crippen MR) is 144 cm³/mol. The van der Waals surface area contributed by atoms with Crippen molar-refractivity contribution in [3.63, 3.8) is 0 Å². The molecule has 1 fully saturated rings. The fourth-order valence-corrected chi connectivity index (χ4v) is 4.24. The number of benzene rings is 3. The van der Waals surface area contributed by atoms with E-state index in [-0.39, 0.29) is 12.5 Å². The van der Waals surface area contributed by atoms with Crippen LogP contribution < -0.4 is 25.1 Å². The minimum absolute atomic E-state index is 0.278. The average Bonchev–Trinajstić information content (AvgIpc) is 3.45. The fraction of sp³-hybridized carbons (Fsp3) is 0.222. The van der Waals surface area contributed by atoms with E-state index in [2.05, 4.69) is 36.7 Å². The third-order valence-corrected chi connectivity index (χ3v) is 6.43. The summed E-state index contributed by atoms with van der Waals surface area (Å²) in [6.45, 7) is 1.81. The van der Waals surface area contributed by atoms with Gasteiger partial charge in [0.25, 0.3) is 11.8 Å². The lowest BCUT2D eigenvalue weighted by atomic mass is 10.2. The quantitative estimate of drug-likeness (QED) is 0.280. The van der Waals surface area contributed by atoms with E-state index >= 15 is 0 Å². The number of nitrogens with zero attached hydrogens (tertiary/aromatic N) is 2. The van der Waals surface area contributed by atoms with E-state index < -0.39 is 11.7 Å². The molecule has 8 nitrogen and oxygen atoms in total. The molecule has 0 aliphatic carbocycles. The molecular weight excluding hydrogens is 543 g/mol. The van der Waals surface area contributed by atoms with Crippen molar-refractivity contribution in [3.05, 3.63) is 82.1 Å². The highest BCUT2D eigenvalue weighted by atomic mass is 79.9. The van der Waals surface area contributed by atoms with Gasteiger partial charge in [-0.15, -0.1) is 0 Å². The van der Waals surface area contributed by atoms with Gasteiger partial charge in [-0.25, -0.2) is 9.82 Å². The molecule has 0 unspecified atom stereocenters. The summed E-state index contributed by atoms with van der Waals surface area (Å²) >= 11 is 3.45. The minimum atomic E-state index is -0.411. The number of anilines is 2. The van der Waals surface area contributed by atoms with Gasteiger partial charge in [-0.2, -0.15) is 5.10 Å². The van der Waals surface area contributed by atoms with Gasteiger partial charge in [0.1, 0.15) is 5.82 Å². The van der Waals surface area contributed by atoms with E-state index in [0.717, 1.165) is 18.8 Å². The molecule has 0 saturated carbocycles. The van der Waals surface area contributed by atoms with Crippen LogP contribution in [0.1, 0.15) is 28.8 Å². The molecule has 192 valence electrons. The van der Waals surface area contributed by atoms with E-state index in [1.807, 2.05) is 12.1 Å². The molecule has 0 radical (unpaired) electrons. The van der Waals surface area contributed by atoms with Gasteiger partial charge in [0.2, 0.25) is 0 Å². The standard InChI is InChI=1S/C27H26BrFN4O4/c1-36-24-14-19(16-30-32-27(35)18-4-10-22(11-5-18)33-12-2-3-13-33)23(28)15-25(24)37-17-26(34)31-21-8-6-20(29)7-9-21/h4-11,14-16H,2-3,12-13,17H2,1H3,(H,31,34)(H,32,35)/b30-16-. The Hall–Kier alpha value is -3.92. The van der Waals surface area contributed by atoms with E-state index in [1.54, 1.807) is 24.3 Å². The SMILES string of the molecule is COc1cc(/C=N\NC(=O)c2ccc(N3CCCC3)cc2)c(Br)cc1OCC(=O)Nc1ccc(F)cc1. The third-order valence-electron chi connectivity index (χ3n) is 5.74. The van der Waals surface area contributed by atoms with Crippen molar-refractivity contribution in [2.24, 2.45) is 5.10 Å². The molecule has 2 N–H and O–H groups in total. The van der Waals surface area contributed by atoms with Crippen molar-refractivity contribution in [1.29, 1.82) is 0 Å². The third kappa shape index (κ3) is 7.07. The zero-order valence-corrected chi connectivity index (χ0v) is 21.8. The normalized spacial score (nSPS) is 13.0. The molecule has 1 heterocycles. The second-order valence-electron chi connectivity index (χ2n) is 8.31. The summed E-state index contributed by atoms with van der Waals surface area (Å²) < 4.78 is 24.6. The molecule has 2 amide bonds. The van der Waals surface area contributed by atoms with Crippen LogP contribution in [0.3, 0.4) is 0 Å². The number of hydrazone groups is 1. The monoisotopic (exact) mass is 568 g/mol. The van der Waals surface area contributed by atoms with Crippen LogP contribution in [-0.4, -0.2) is 44.8 Å². The number of carbonyl (C=O) groups excluding carboxylic acids is 2. The predicted octanol–water partition coefficient (Wildman–Crippen LogP) is 4.98. The Morgan fingerprint density at radius 1 is 1.05 bits per heavy atom. The molecule has 3 aromatic rings. The number of amides is 2. The van der Waals surface area contributed by atoms with Gasteiger partial charge in [-0.05, 0) is 89.4 Å². The first-order chi connectivity index (χ1) is 17.9. The van der Waals surface area contributed by atoms with Crippen LogP contribution in [0.25, 0.3) is 0 Å². The van der Waals surface area contributed by atoms with Crippen LogP contribution in [0, 0.1) is 5.82 Å². The summed E-state index contributed by atoms with van der Waals surface area (Å²) in [4.78, 5) is 27.0. The molecule has 0 bridgehead atoms. The van der Waals surface area contributed by atoms with E-state index in [9.17, 15) is 14.0 Å². The minimum Gasteiger partial charge on any atom is -0.493 e. The number of ether oxygens (including phenoxy) is 2. The van der Waals surface area contributed by atoms with Gasteiger partial charge in [0.05, 0.1) is 13.3 Å². The van der Waals surface area contributed by atoms with Gasteiger partial charge in [0.15, 0.2) is 18.1 Å². The lowest BCUT2D eigenvalue weighted by molar-refractivity contribution is -0.118. The summed E-state index contributed by atoms with van der Waals surface area (Å²) in [5.74, 6) is -0.407. The largest absolute Gasteiger partial charge is 0.493 e. The number of methoxy groups -OCH3 is 1. The van der Waals surface area contributed by atoms with Crippen molar-refractivity contribution in [2.45, 2.75) is 12.8 Å². The van der Waals surface area contributed by atoms with E-state index in [4.69, 9.17) is 9.47 Å². The Morgan fingerprint density at radius 3 is 2.43 bits per heavy atom. The lowest BCUT2D eigenvalue weighted by Crippen LogP contribution is -2.20. The molecule has 0 atom stereocenters. The fourth-order valence-electron chi connectivity index (χ4n) is 3.82. The highest BCUT2D eigenvalue weighted by molar-refractivity contribution is 9.10. The molecule has 1 saturated heterocycles. The Labute approximate surface area is 222 Å². The number of rotatable bonds is 9. The summed E-state index contributed by atoms with van der Waals surface area (Å²) in [6.07, 6.45) is 3.86. The smallest absolute Gasteiger partial charge is 0.271 e. The Balaban J connectivity index is 1.33. The summed E-state index contributed by atoms with van der Waals surface area (Å²) in [5.41, 5.74) is 5.25. The van der Waals surface area contributed by atoms with Crippen LogP contribution in [0.15, 0.2) is 70.2 Å². The maximum atomic E-state index is 13.0. The first-order valence-electron chi connectivity index (χ1n) is 11.7. The summed E-state index contributed by atoms with van der Waals surface area (Å²) in [5, 5.41) is 6.68. The van der Waals surface area contributed by atoms with Crippen LogP contribution in [0.4, 0.5) is 15.8 Å². The van der Waals surface area contributed by atoms with Crippen molar-refractivity contribution < 1.29 is 23.5 Å². The second-order valence-corrected chi connectivity index (χ2v) is 9.16. The first kappa shape index (κ1) is 26.2. The second kappa shape index (κ2) is 12.4. The van der Waals surface area contributed by atoms with Crippen LogP contribution >= 0.6 is 15.9 Å². The molecule has 1 aliphatic heterocycles.